The average Bonchev–Trinajstić information content (AvgIpc) is 2.39. The van der Waals surface area contributed by atoms with Gasteiger partial charge in [-0.2, -0.15) is 13.2 Å². The number of aryl methyl sites for hydroxylation is 2. The summed E-state index contributed by atoms with van der Waals surface area (Å²) in [4.78, 5) is 0. The highest BCUT2D eigenvalue weighted by Gasteiger charge is 2.26. The summed E-state index contributed by atoms with van der Waals surface area (Å²) < 4.78 is 41.6. The Bertz CT molecular complexity index is 432. The van der Waals surface area contributed by atoms with Crippen molar-refractivity contribution in [3.05, 3.63) is 34.9 Å². The molecule has 0 amide bonds. The Morgan fingerprint density at radius 2 is 1.95 bits per heavy atom. The number of halogens is 3. The number of alkyl halides is 3. The molecule has 0 saturated carbocycles. The van der Waals surface area contributed by atoms with E-state index in [0.29, 0.717) is 6.61 Å². The average molecular weight is 303 g/mol. The van der Waals surface area contributed by atoms with Gasteiger partial charge in [0.1, 0.15) is 0 Å². The van der Waals surface area contributed by atoms with Gasteiger partial charge < -0.3 is 10.1 Å². The number of nitrogens with one attached hydrogen (secondary N) is 1. The van der Waals surface area contributed by atoms with E-state index in [1.54, 1.807) is 0 Å². The minimum Gasteiger partial charge on any atom is -0.379 e. The summed E-state index contributed by atoms with van der Waals surface area (Å²) in [5, 5.41) is 3.33. The van der Waals surface area contributed by atoms with Crippen molar-refractivity contribution in [3.8, 4) is 0 Å². The van der Waals surface area contributed by atoms with Crippen molar-refractivity contribution in [2.45, 2.75) is 45.8 Å². The highest BCUT2D eigenvalue weighted by Crippen LogP contribution is 2.22. The van der Waals surface area contributed by atoms with Crippen molar-refractivity contribution in [2.24, 2.45) is 0 Å². The molecule has 1 aromatic rings. The van der Waals surface area contributed by atoms with Crippen LogP contribution in [0.1, 0.15) is 42.5 Å². The summed E-state index contributed by atoms with van der Waals surface area (Å²) >= 11 is 0. The smallest absolute Gasteiger partial charge is 0.379 e. The van der Waals surface area contributed by atoms with E-state index in [-0.39, 0.29) is 19.1 Å². The van der Waals surface area contributed by atoms with E-state index in [4.69, 9.17) is 4.74 Å². The monoisotopic (exact) mass is 303 g/mol. The Morgan fingerprint density at radius 1 is 1.24 bits per heavy atom. The minimum absolute atomic E-state index is 0.00907. The molecule has 0 saturated heterocycles. The molecule has 5 heteroatoms. The van der Waals surface area contributed by atoms with E-state index in [9.17, 15) is 13.2 Å². The van der Waals surface area contributed by atoms with E-state index in [1.165, 1.54) is 0 Å². The van der Waals surface area contributed by atoms with Crippen LogP contribution in [0.4, 0.5) is 13.2 Å². The lowest BCUT2D eigenvalue weighted by Gasteiger charge is -2.21. The second kappa shape index (κ2) is 8.39. The Labute approximate surface area is 124 Å². The van der Waals surface area contributed by atoms with Crippen molar-refractivity contribution in [1.29, 1.82) is 0 Å². The molecule has 1 rings (SSSR count). The second-order valence-corrected chi connectivity index (χ2v) is 5.26. The molecular formula is C16H24F3NO. The number of rotatable bonds is 8. The van der Waals surface area contributed by atoms with Gasteiger partial charge in [-0.15, -0.1) is 0 Å². The van der Waals surface area contributed by atoms with E-state index >= 15 is 0 Å². The summed E-state index contributed by atoms with van der Waals surface area (Å²) in [6, 6.07) is 6.22. The molecule has 1 unspecified atom stereocenters. The normalized spacial score (nSPS) is 13.4. The molecule has 0 aromatic heterocycles. The molecule has 0 radical (unpaired) electrons. The fourth-order valence-electron chi connectivity index (χ4n) is 2.22. The SMILES string of the molecule is CCNC(COCCCC(F)(F)F)c1cc(C)ccc1C. The molecule has 0 heterocycles. The number of likely N-dealkylation sites (N-methyl/N-ethyl adjacent to an activating group) is 1. The molecule has 2 nitrogen and oxygen atoms in total. The Balaban J connectivity index is 2.52. The Hall–Kier alpha value is -1.07. The van der Waals surface area contributed by atoms with Gasteiger partial charge in [-0.3, -0.25) is 0 Å². The van der Waals surface area contributed by atoms with E-state index in [2.05, 4.69) is 17.4 Å². The molecule has 1 aromatic carbocycles. The summed E-state index contributed by atoms with van der Waals surface area (Å²) in [5.74, 6) is 0. The van der Waals surface area contributed by atoms with Crippen LogP contribution in [-0.2, 0) is 4.74 Å². The highest BCUT2D eigenvalue weighted by atomic mass is 19.4. The molecule has 1 N–H and O–H groups in total. The van der Waals surface area contributed by atoms with Crippen molar-refractivity contribution in [2.75, 3.05) is 19.8 Å². The maximum Gasteiger partial charge on any atom is 0.389 e. The van der Waals surface area contributed by atoms with Crippen molar-refractivity contribution in [1.82, 2.24) is 5.32 Å². The minimum atomic E-state index is -4.10. The first-order valence-corrected chi connectivity index (χ1v) is 7.28. The van der Waals surface area contributed by atoms with Crippen LogP contribution < -0.4 is 5.32 Å². The standard InChI is InChI=1S/C16H24F3NO/c1-4-20-15(11-21-9-5-8-16(17,18)19)14-10-12(2)6-7-13(14)3/h6-7,10,15,20H,4-5,8-9,11H2,1-3H3. The van der Waals surface area contributed by atoms with Gasteiger partial charge in [-0.25, -0.2) is 0 Å². The van der Waals surface area contributed by atoms with Crippen molar-refractivity contribution in [3.63, 3.8) is 0 Å². The summed E-state index contributed by atoms with van der Waals surface area (Å²) in [5.41, 5.74) is 3.47. The van der Waals surface area contributed by atoms with E-state index < -0.39 is 12.6 Å². The zero-order valence-electron chi connectivity index (χ0n) is 12.9. The predicted octanol–water partition coefficient (Wildman–Crippen LogP) is 4.31. The molecule has 0 aliphatic rings. The van der Waals surface area contributed by atoms with Crippen LogP contribution in [0.3, 0.4) is 0 Å². The molecule has 1 atom stereocenters. The van der Waals surface area contributed by atoms with Crippen LogP contribution in [0.5, 0.6) is 0 Å². The lowest BCUT2D eigenvalue weighted by molar-refractivity contribution is -0.138. The fraction of sp³-hybridized carbons (Fsp3) is 0.625. The van der Waals surface area contributed by atoms with Gasteiger partial charge in [0.2, 0.25) is 0 Å². The maximum absolute atomic E-state index is 12.1. The number of hydrogen-bond acceptors (Lipinski definition) is 2. The van der Waals surface area contributed by atoms with Crippen LogP contribution >= 0.6 is 0 Å². The van der Waals surface area contributed by atoms with Crippen LogP contribution in [-0.4, -0.2) is 25.9 Å². The zero-order chi connectivity index (χ0) is 15.9. The van der Waals surface area contributed by atoms with Crippen LogP contribution in [0.2, 0.25) is 0 Å². The molecular weight excluding hydrogens is 279 g/mol. The number of hydrogen-bond donors (Lipinski definition) is 1. The third-order valence-corrected chi connectivity index (χ3v) is 3.29. The van der Waals surface area contributed by atoms with Gasteiger partial charge in [0, 0.05) is 13.0 Å². The first-order valence-electron chi connectivity index (χ1n) is 7.28. The highest BCUT2D eigenvalue weighted by molar-refractivity contribution is 5.33. The van der Waals surface area contributed by atoms with Gasteiger partial charge in [0.15, 0.2) is 0 Å². The van der Waals surface area contributed by atoms with Gasteiger partial charge >= 0.3 is 6.18 Å². The zero-order valence-corrected chi connectivity index (χ0v) is 12.9. The quantitative estimate of drug-likeness (QED) is 0.722. The van der Waals surface area contributed by atoms with Crippen LogP contribution in [0, 0.1) is 13.8 Å². The molecule has 0 aliphatic carbocycles. The second-order valence-electron chi connectivity index (χ2n) is 5.26. The molecule has 21 heavy (non-hydrogen) atoms. The summed E-state index contributed by atoms with van der Waals surface area (Å²) in [7, 11) is 0. The summed E-state index contributed by atoms with van der Waals surface area (Å²) in [6.45, 7) is 7.35. The van der Waals surface area contributed by atoms with Crippen molar-refractivity contribution >= 4 is 0 Å². The number of ether oxygens (including phenoxy) is 1. The van der Waals surface area contributed by atoms with Crippen LogP contribution in [0.25, 0.3) is 0 Å². The largest absolute Gasteiger partial charge is 0.389 e. The van der Waals surface area contributed by atoms with Crippen molar-refractivity contribution < 1.29 is 17.9 Å². The first-order chi connectivity index (χ1) is 9.83. The van der Waals surface area contributed by atoms with Gasteiger partial charge in [-0.1, -0.05) is 30.7 Å². The van der Waals surface area contributed by atoms with Gasteiger partial charge in [0.05, 0.1) is 12.6 Å². The lowest BCUT2D eigenvalue weighted by atomic mass is 9.99. The molecule has 0 aliphatic heterocycles. The van der Waals surface area contributed by atoms with E-state index in [1.807, 2.05) is 26.8 Å². The molecule has 0 fully saturated rings. The molecule has 120 valence electrons. The molecule has 0 spiro atoms. The van der Waals surface area contributed by atoms with Crippen LogP contribution in [0.15, 0.2) is 18.2 Å². The lowest BCUT2D eigenvalue weighted by Crippen LogP contribution is -2.26. The maximum atomic E-state index is 12.1. The topological polar surface area (TPSA) is 21.3 Å². The Kier molecular flexibility index (Phi) is 7.18. The van der Waals surface area contributed by atoms with E-state index in [0.717, 1.165) is 23.2 Å². The Morgan fingerprint density at radius 3 is 2.57 bits per heavy atom. The predicted molar refractivity (Wildman–Crippen MR) is 78.4 cm³/mol. The molecule has 0 bridgehead atoms. The number of benzene rings is 1. The third kappa shape index (κ3) is 6.96. The fourth-order valence-corrected chi connectivity index (χ4v) is 2.22. The van der Waals surface area contributed by atoms with Gasteiger partial charge in [0.25, 0.3) is 0 Å². The third-order valence-electron chi connectivity index (χ3n) is 3.29. The summed E-state index contributed by atoms with van der Waals surface area (Å²) in [6.07, 6.45) is -4.88. The van der Waals surface area contributed by atoms with Gasteiger partial charge in [-0.05, 0) is 37.9 Å². The first kappa shape index (κ1) is 18.0.